The molecular formula is C11H11FO2. The smallest absolute Gasteiger partial charge is 0.140 e. The minimum Gasteiger partial charge on any atom is -0.303 e. The number of hydrogen-bond donors (Lipinski definition) is 0. The average molecular weight is 194 g/mol. The first-order valence-electron chi connectivity index (χ1n) is 4.42. The summed E-state index contributed by atoms with van der Waals surface area (Å²) >= 11 is 0. The first kappa shape index (κ1) is 10.6. The highest BCUT2D eigenvalue weighted by atomic mass is 19.1. The normalized spacial score (nSPS) is 9.79. The van der Waals surface area contributed by atoms with E-state index in [1.807, 2.05) is 0 Å². The molecule has 0 amide bonds. The lowest BCUT2D eigenvalue weighted by atomic mass is 10.1. The molecule has 0 aromatic heterocycles. The third kappa shape index (κ3) is 3.47. The molecule has 0 spiro atoms. The van der Waals surface area contributed by atoms with E-state index in [1.165, 1.54) is 12.1 Å². The Balaban J connectivity index is 2.45. The fraction of sp³-hybridized carbons (Fsp3) is 0.273. The van der Waals surface area contributed by atoms with Crippen LogP contribution in [0.4, 0.5) is 4.39 Å². The van der Waals surface area contributed by atoms with Crippen LogP contribution < -0.4 is 0 Å². The van der Waals surface area contributed by atoms with E-state index in [0.29, 0.717) is 19.1 Å². The number of hydrogen-bond acceptors (Lipinski definition) is 2. The number of ketones is 1. The largest absolute Gasteiger partial charge is 0.303 e. The van der Waals surface area contributed by atoms with Crippen molar-refractivity contribution in [2.75, 3.05) is 0 Å². The molecule has 0 heterocycles. The summed E-state index contributed by atoms with van der Waals surface area (Å²) in [4.78, 5) is 21.0. The molecule has 0 saturated heterocycles. The van der Waals surface area contributed by atoms with E-state index in [-0.39, 0.29) is 18.0 Å². The summed E-state index contributed by atoms with van der Waals surface area (Å²) in [5.41, 5.74) is 0.782. The highest BCUT2D eigenvalue weighted by molar-refractivity contribution is 5.89. The molecule has 0 N–H and O–H groups in total. The predicted octanol–water partition coefficient (Wildman–Crippen LogP) is 1.92. The molecule has 0 aliphatic carbocycles. The Morgan fingerprint density at radius 2 is 2.21 bits per heavy atom. The summed E-state index contributed by atoms with van der Waals surface area (Å²) < 4.78 is 12.7. The second kappa shape index (κ2) is 5.27. The van der Waals surface area contributed by atoms with Crippen LogP contribution in [0.1, 0.15) is 18.4 Å². The molecule has 0 unspecified atom stereocenters. The van der Waals surface area contributed by atoms with E-state index >= 15 is 0 Å². The van der Waals surface area contributed by atoms with Gasteiger partial charge in [-0.05, 0) is 24.1 Å². The summed E-state index contributed by atoms with van der Waals surface area (Å²) in [7, 11) is 0. The van der Waals surface area contributed by atoms with Gasteiger partial charge in [0.15, 0.2) is 0 Å². The van der Waals surface area contributed by atoms with Gasteiger partial charge in [0, 0.05) is 6.42 Å². The zero-order valence-corrected chi connectivity index (χ0v) is 7.70. The number of halogens is 1. The monoisotopic (exact) mass is 194 g/mol. The average Bonchev–Trinajstić information content (AvgIpc) is 2.15. The van der Waals surface area contributed by atoms with Gasteiger partial charge in [-0.15, -0.1) is 0 Å². The van der Waals surface area contributed by atoms with Crippen molar-refractivity contribution in [3.63, 3.8) is 0 Å². The van der Waals surface area contributed by atoms with Gasteiger partial charge in [-0.2, -0.15) is 0 Å². The van der Waals surface area contributed by atoms with Crippen LogP contribution in [-0.2, 0) is 16.0 Å². The molecule has 0 bridgehead atoms. The number of aryl methyl sites for hydroxylation is 1. The van der Waals surface area contributed by atoms with E-state index in [9.17, 15) is 14.0 Å². The molecule has 74 valence electrons. The molecule has 0 aliphatic heterocycles. The fourth-order valence-corrected chi connectivity index (χ4v) is 1.17. The van der Waals surface area contributed by atoms with Crippen molar-refractivity contribution in [3.05, 3.63) is 35.6 Å². The molecular weight excluding hydrogens is 183 g/mol. The molecule has 14 heavy (non-hydrogen) atoms. The molecule has 0 saturated carbocycles. The highest BCUT2D eigenvalue weighted by Gasteiger charge is 2.02. The predicted molar refractivity (Wildman–Crippen MR) is 50.4 cm³/mol. The maximum atomic E-state index is 12.7. The number of Topliss-reactive ketones (excluding diaryl/α,β-unsaturated/α-hetero) is 1. The number of carbonyl (C=O) groups is 2. The Morgan fingerprint density at radius 1 is 1.43 bits per heavy atom. The Bertz CT molecular complexity index is 334. The van der Waals surface area contributed by atoms with Crippen LogP contribution in [0.2, 0.25) is 0 Å². The minimum atomic E-state index is -0.301. The lowest BCUT2D eigenvalue weighted by Crippen LogP contribution is -2.00. The number of carbonyl (C=O) groups excluding carboxylic acids is 2. The van der Waals surface area contributed by atoms with Crippen LogP contribution in [0.5, 0.6) is 0 Å². The van der Waals surface area contributed by atoms with Gasteiger partial charge in [-0.25, -0.2) is 4.39 Å². The first-order chi connectivity index (χ1) is 6.72. The van der Waals surface area contributed by atoms with Gasteiger partial charge in [0.05, 0.1) is 6.42 Å². The van der Waals surface area contributed by atoms with Crippen LogP contribution >= 0.6 is 0 Å². The van der Waals surface area contributed by atoms with Crippen molar-refractivity contribution in [2.45, 2.75) is 19.3 Å². The van der Waals surface area contributed by atoms with Crippen molar-refractivity contribution >= 4 is 12.1 Å². The van der Waals surface area contributed by atoms with Gasteiger partial charge in [-0.1, -0.05) is 12.1 Å². The molecule has 0 fully saturated rings. The third-order valence-electron chi connectivity index (χ3n) is 1.89. The Hall–Kier alpha value is -1.51. The second-order valence-electron chi connectivity index (χ2n) is 3.04. The fourth-order valence-electron chi connectivity index (χ4n) is 1.17. The molecule has 2 nitrogen and oxygen atoms in total. The van der Waals surface area contributed by atoms with Crippen molar-refractivity contribution in [3.8, 4) is 0 Å². The molecule has 0 radical (unpaired) electrons. The third-order valence-corrected chi connectivity index (χ3v) is 1.89. The van der Waals surface area contributed by atoms with Crippen molar-refractivity contribution in [1.82, 2.24) is 0 Å². The van der Waals surface area contributed by atoms with Gasteiger partial charge >= 0.3 is 0 Å². The van der Waals surface area contributed by atoms with Gasteiger partial charge in [0.1, 0.15) is 17.9 Å². The van der Waals surface area contributed by atoms with Crippen molar-refractivity contribution in [1.29, 1.82) is 0 Å². The van der Waals surface area contributed by atoms with Crippen LogP contribution in [0.25, 0.3) is 0 Å². The van der Waals surface area contributed by atoms with E-state index in [2.05, 4.69) is 0 Å². The Morgan fingerprint density at radius 3 is 2.86 bits per heavy atom. The number of rotatable bonds is 5. The highest BCUT2D eigenvalue weighted by Crippen LogP contribution is 2.06. The zero-order valence-electron chi connectivity index (χ0n) is 7.70. The summed E-state index contributed by atoms with van der Waals surface area (Å²) in [5.74, 6) is -0.408. The minimum absolute atomic E-state index is 0.0463. The van der Waals surface area contributed by atoms with Gasteiger partial charge in [0.25, 0.3) is 0 Å². The van der Waals surface area contributed by atoms with Gasteiger partial charge in [-0.3, -0.25) is 4.79 Å². The summed E-state index contributed by atoms with van der Waals surface area (Å²) in [6.07, 6.45) is 1.33. The lowest BCUT2D eigenvalue weighted by Gasteiger charge is -1.99. The summed E-state index contributed by atoms with van der Waals surface area (Å²) in [6, 6.07) is 6.12. The lowest BCUT2D eigenvalue weighted by molar-refractivity contribution is -0.122. The van der Waals surface area contributed by atoms with Crippen LogP contribution in [0.15, 0.2) is 24.3 Å². The standard InChI is InChI=1S/C11H11FO2/c12-10-3-1-2-9(8-10)4-5-11(14)6-7-13/h1-3,7-8H,4-6H2. The van der Waals surface area contributed by atoms with E-state index in [1.54, 1.807) is 12.1 Å². The number of benzene rings is 1. The molecule has 1 rings (SSSR count). The van der Waals surface area contributed by atoms with Crippen LogP contribution in [0, 0.1) is 5.82 Å². The molecule has 3 heteroatoms. The van der Waals surface area contributed by atoms with E-state index in [4.69, 9.17) is 0 Å². The van der Waals surface area contributed by atoms with Crippen molar-refractivity contribution in [2.24, 2.45) is 0 Å². The van der Waals surface area contributed by atoms with E-state index in [0.717, 1.165) is 5.56 Å². The quantitative estimate of drug-likeness (QED) is 0.530. The first-order valence-corrected chi connectivity index (χ1v) is 4.42. The maximum Gasteiger partial charge on any atom is 0.140 e. The zero-order chi connectivity index (χ0) is 10.4. The Kier molecular flexibility index (Phi) is 3.98. The van der Waals surface area contributed by atoms with Crippen molar-refractivity contribution < 1.29 is 14.0 Å². The van der Waals surface area contributed by atoms with E-state index < -0.39 is 0 Å². The topological polar surface area (TPSA) is 34.1 Å². The van der Waals surface area contributed by atoms with Crippen LogP contribution in [-0.4, -0.2) is 12.1 Å². The summed E-state index contributed by atoms with van der Waals surface area (Å²) in [6.45, 7) is 0. The SMILES string of the molecule is O=CCC(=O)CCc1cccc(F)c1. The number of aldehydes is 1. The maximum absolute atomic E-state index is 12.7. The second-order valence-corrected chi connectivity index (χ2v) is 3.04. The Labute approximate surface area is 81.7 Å². The summed E-state index contributed by atoms with van der Waals surface area (Å²) in [5, 5.41) is 0. The molecule has 1 aromatic rings. The van der Waals surface area contributed by atoms with Gasteiger partial charge in [0.2, 0.25) is 0 Å². The molecule has 1 aromatic carbocycles. The van der Waals surface area contributed by atoms with Crippen LogP contribution in [0.3, 0.4) is 0 Å². The van der Waals surface area contributed by atoms with Gasteiger partial charge < -0.3 is 4.79 Å². The molecule has 0 atom stereocenters. The molecule has 0 aliphatic rings.